The molecule has 0 fully saturated rings. The lowest BCUT2D eigenvalue weighted by Gasteiger charge is -2.18. The van der Waals surface area contributed by atoms with Crippen molar-refractivity contribution in [2.24, 2.45) is 5.92 Å². The molecule has 3 N–H and O–H groups in total. The number of benzene rings is 3. The van der Waals surface area contributed by atoms with Crippen molar-refractivity contribution >= 4 is 69.2 Å². The maximum atomic E-state index is 13.5. The first kappa shape index (κ1) is 35.0. The SMILES string of the molecule is CCOC(=O)c1c(NC(=O)CSc2cccc(NC(=O)/C(=C\c3ccccc3[N+](=O)[O-])NC(=O)c3ccccc3)c2)sc2c1CCC(C)C2. The predicted octanol–water partition coefficient (Wildman–Crippen LogP) is 7.10. The molecule has 13 heteroatoms. The Morgan fingerprint density at radius 1 is 1.02 bits per heavy atom. The minimum Gasteiger partial charge on any atom is -0.462 e. The quantitative estimate of drug-likeness (QED) is 0.0465. The number of ether oxygens (including phenoxy) is 1. The van der Waals surface area contributed by atoms with Gasteiger partial charge in [0.25, 0.3) is 17.5 Å². The second-order valence-electron chi connectivity index (χ2n) is 11.3. The van der Waals surface area contributed by atoms with Crippen molar-refractivity contribution in [3.8, 4) is 0 Å². The van der Waals surface area contributed by atoms with Crippen LogP contribution < -0.4 is 16.0 Å². The van der Waals surface area contributed by atoms with E-state index in [1.807, 2.05) is 0 Å². The van der Waals surface area contributed by atoms with E-state index in [-0.39, 0.29) is 35.2 Å². The van der Waals surface area contributed by atoms with Gasteiger partial charge in [-0.25, -0.2) is 4.79 Å². The number of thiophene rings is 1. The van der Waals surface area contributed by atoms with Crippen molar-refractivity contribution in [2.45, 2.75) is 38.0 Å². The van der Waals surface area contributed by atoms with Crippen molar-refractivity contribution in [1.29, 1.82) is 0 Å². The molecule has 1 atom stereocenters. The Morgan fingerprint density at radius 3 is 2.53 bits per heavy atom. The van der Waals surface area contributed by atoms with Crippen LogP contribution in [0, 0.1) is 16.0 Å². The standard InChI is InChI=1S/C36H34N4O7S2/c1-3-47-36(44)32-27-17-16-22(2)18-30(27)49-35(32)39-31(41)21-48-26-14-9-13-25(20-26)37-34(43)28(38-33(42)23-10-5-4-6-11-23)19-24-12-7-8-15-29(24)40(45)46/h4-15,19-20,22H,3,16-18,21H2,1-2H3,(H,37,43)(H,38,42)(H,39,41)/b28-19+. The summed E-state index contributed by atoms with van der Waals surface area (Å²) in [5.74, 6) is -1.47. The Balaban J connectivity index is 1.29. The molecule has 1 heterocycles. The molecule has 49 heavy (non-hydrogen) atoms. The second kappa shape index (κ2) is 16.2. The molecule has 1 unspecified atom stereocenters. The number of para-hydroxylation sites is 1. The van der Waals surface area contributed by atoms with E-state index in [4.69, 9.17) is 4.74 Å². The van der Waals surface area contributed by atoms with E-state index in [0.717, 1.165) is 29.7 Å². The van der Waals surface area contributed by atoms with Gasteiger partial charge < -0.3 is 20.7 Å². The molecule has 1 aliphatic carbocycles. The lowest BCUT2D eigenvalue weighted by molar-refractivity contribution is -0.385. The normalized spacial score (nSPS) is 13.9. The molecule has 252 valence electrons. The van der Waals surface area contributed by atoms with E-state index in [1.165, 1.54) is 47.4 Å². The molecule has 11 nitrogen and oxygen atoms in total. The number of nitrogens with zero attached hydrogens (tertiary/aromatic N) is 1. The molecule has 1 aromatic heterocycles. The first-order valence-corrected chi connectivity index (χ1v) is 17.4. The Kier molecular flexibility index (Phi) is 11.6. The van der Waals surface area contributed by atoms with Crippen LogP contribution in [-0.4, -0.2) is 41.0 Å². The second-order valence-corrected chi connectivity index (χ2v) is 13.4. The van der Waals surface area contributed by atoms with Gasteiger partial charge in [0.15, 0.2) is 0 Å². The van der Waals surface area contributed by atoms with Crippen LogP contribution in [0.5, 0.6) is 0 Å². The van der Waals surface area contributed by atoms with Crippen molar-refractivity contribution in [3.05, 3.63) is 122 Å². The van der Waals surface area contributed by atoms with E-state index in [1.54, 1.807) is 67.6 Å². The molecule has 1 aliphatic rings. The van der Waals surface area contributed by atoms with Gasteiger partial charge in [-0.15, -0.1) is 23.1 Å². The molecule has 3 aromatic carbocycles. The summed E-state index contributed by atoms with van der Waals surface area (Å²) in [6.45, 7) is 4.15. The van der Waals surface area contributed by atoms with E-state index >= 15 is 0 Å². The summed E-state index contributed by atoms with van der Waals surface area (Å²) < 4.78 is 5.31. The highest BCUT2D eigenvalue weighted by atomic mass is 32.2. The average Bonchev–Trinajstić information content (AvgIpc) is 3.44. The highest BCUT2D eigenvalue weighted by Crippen LogP contribution is 2.40. The Bertz CT molecular complexity index is 1920. The number of esters is 1. The van der Waals surface area contributed by atoms with Crippen LogP contribution in [0.2, 0.25) is 0 Å². The highest BCUT2D eigenvalue weighted by molar-refractivity contribution is 8.00. The minimum absolute atomic E-state index is 0.0363. The van der Waals surface area contributed by atoms with Gasteiger partial charge in [-0.05, 0) is 80.1 Å². The molecule has 0 saturated carbocycles. The number of anilines is 2. The summed E-state index contributed by atoms with van der Waals surface area (Å²) in [5.41, 5.74) is 1.78. The fourth-order valence-corrected chi connectivity index (χ4v) is 7.48. The lowest BCUT2D eigenvalue weighted by atomic mass is 9.88. The van der Waals surface area contributed by atoms with Crippen LogP contribution in [-0.2, 0) is 27.2 Å². The zero-order valence-corrected chi connectivity index (χ0v) is 28.5. The first-order valence-electron chi connectivity index (χ1n) is 15.6. The number of amides is 3. The maximum absolute atomic E-state index is 13.5. The van der Waals surface area contributed by atoms with Gasteiger partial charge >= 0.3 is 5.97 Å². The maximum Gasteiger partial charge on any atom is 0.341 e. The molecule has 0 bridgehead atoms. The molecule has 0 saturated heterocycles. The highest BCUT2D eigenvalue weighted by Gasteiger charge is 2.29. The predicted molar refractivity (Wildman–Crippen MR) is 191 cm³/mol. The Labute approximate surface area is 291 Å². The van der Waals surface area contributed by atoms with Crippen LogP contribution in [0.15, 0.2) is 89.5 Å². The number of thioether (sulfide) groups is 1. The van der Waals surface area contributed by atoms with E-state index < -0.39 is 22.7 Å². The average molecular weight is 699 g/mol. The van der Waals surface area contributed by atoms with Gasteiger partial charge in [-0.1, -0.05) is 43.3 Å². The Morgan fingerprint density at radius 2 is 1.78 bits per heavy atom. The third kappa shape index (κ3) is 9.00. The van der Waals surface area contributed by atoms with Crippen LogP contribution >= 0.6 is 23.1 Å². The largest absolute Gasteiger partial charge is 0.462 e. The number of nitrogens with one attached hydrogen (secondary N) is 3. The number of hydrogen-bond donors (Lipinski definition) is 3. The summed E-state index contributed by atoms with van der Waals surface area (Å²) in [5, 5.41) is 20.4. The summed E-state index contributed by atoms with van der Waals surface area (Å²) in [4.78, 5) is 65.2. The van der Waals surface area contributed by atoms with Gasteiger partial charge in [0.1, 0.15) is 10.7 Å². The zero-order valence-electron chi connectivity index (χ0n) is 26.8. The Hall–Kier alpha value is -5.27. The van der Waals surface area contributed by atoms with Crippen LogP contribution in [0.3, 0.4) is 0 Å². The monoisotopic (exact) mass is 698 g/mol. The van der Waals surface area contributed by atoms with Crippen molar-refractivity contribution in [2.75, 3.05) is 23.0 Å². The summed E-state index contributed by atoms with van der Waals surface area (Å²) in [6.07, 6.45) is 3.84. The van der Waals surface area contributed by atoms with Gasteiger partial charge in [-0.3, -0.25) is 24.5 Å². The zero-order chi connectivity index (χ0) is 34.9. The van der Waals surface area contributed by atoms with Crippen LogP contribution in [0.4, 0.5) is 16.4 Å². The van der Waals surface area contributed by atoms with Crippen molar-refractivity contribution in [3.63, 3.8) is 0 Å². The fourth-order valence-electron chi connectivity index (χ4n) is 5.31. The first-order chi connectivity index (χ1) is 23.6. The smallest absolute Gasteiger partial charge is 0.341 e. The number of nitro benzene ring substituents is 1. The fraction of sp³-hybridized carbons (Fsp3) is 0.222. The molecular weight excluding hydrogens is 665 g/mol. The lowest BCUT2D eigenvalue weighted by Crippen LogP contribution is -2.30. The number of nitro groups is 1. The van der Waals surface area contributed by atoms with Gasteiger partial charge in [0, 0.05) is 27.1 Å². The van der Waals surface area contributed by atoms with Crippen molar-refractivity contribution < 1.29 is 28.8 Å². The van der Waals surface area contributed by atoms with E-state index in [2.05, 4.69) is 22.9 Å². The molecule has 5 rings (SSSR count). The summed E-state index contributed by atoms with van der Waals surface area (Å²) in [6, 6.07) is 21.0. The number of carbonyl (C=O) groups is 4. The minimum atomic E-state index is -0.704. The molecule has 4 aromatic rings. The molecule has 0 spiro atoms. The van der Waals surface area contributed by atoms with Crippen LogP contribution in [0.25, 0.3) is 6.08 Å². The summed E-state index contributed by atoms with van der Waals surface area (Å²) in [7, 11) is 0. The van der Waals surface area contributed by atoms with Crippen molar-refractivity contribution in [1.82, 2.24) is 5.32 Å². The molecule has 3 amide bonds. The van der Waals surface area contributed by atoms with E-state index in [9.17, 15) is 29.3 Å². The topological polar surface area (TPSA) is 157 Å². The molecule has 0 radical (unpaired) electrons. The number of fused-ring (bicyclic) bond motifs is 1. The molecular formula is C36H34N4O7S2. The van der Waals surface area contributed by atoms with Gasteiger partial charge in [0.2, 0.25) is 5.91 Å². The third-order valence-electron chi connectivity index (χ3n) is 7.67. The number of hydrogen-bond acceptors (Lipinski definition) is 9. The summed E-state index contributed by atoms with van der Waals surface area (Å²) >= 11 is 2.66. The molecule has 0 aliphatic heterocycles. The van der Waals surface area contributed by atoms with E-state index in [0.29, 0.717) is 32.6 Å². The van der Waals surface area contributed by atoms with Gasteiger partial charge in [0.05, 0.1) is 28.4 Å². The number of rotatable bonds is 12. The third-order valence-corrected chi connectivity index (χ3v) is 9.83. The van der Waals surface area contributed by atoms with Gasteiger partial charge in [-0.2, -0.15) is 0 Å². The number of carbonyl (C=O) groups excluding carboxylic acids is 4. The van der Waals surface area contributed by atoms with Crippen LogP contribution in [0.1, 0.15) is 57.0 Å².